The quantitative estimate of drug-likeness (QED) is 0.260. The van der Waals surface area contributed by atoms with Crippen LogP contribution in [0, 0.1) is 29.5 Å². The fraction of sp³-hybridized carbons (Fsp3) is 0.760. The minimum atomic E-state index is -5.07. The predicted octanol–water partition coefficient (Wildman–Crippen LogP) is 8.89. The first-order chi connectivity index (χ1) is 15.6. The minimum Gasteiger partial charge on any atom is -0.432 e. The van der Waals surface area contributed by atoms with E-state index in [2.05, 4.69) is 11.7 Å². The minimum absolute atomic E-state index is 0.325. The van der Waals surface area contributed by atoms with E-state index < -0.39 is 35.7 Å². The molecule has 2 nitrogen and oxygen atoms in total. The molecule has 0 bridgehead atoms. The van der Waals surface area contributed by atoms with Crippen molar-refractivity contribution in [1.29, 1.82) is 0 Å². The third kappa shape index (κ3) is 7.71. The van der Waals surface area contributed by atoms with Gasteiger partial charge >= 0.3 is 12.5 Å². The summed E-state index contributed by atoms with van der Waals surface area (Å²) in [6.07, 6.45) is 3.50. The summed E-state index contributed by atoms with van der Waals surface area (Å²) in [7, 11) is 0. The highest BCUT2D eigenvalue weighted by molar-refractivity contribution is 5.33. The van der Waals surface area contributed by atoms with Crippen LogP contribution in [-0.2, 0) is 0 Å². The third-order valence-electron chi connectivity index (χ3n) is 7.40. The molecule has 0 saturated heterocycles. The molecule has 0 spiro atoms. The van der Waals surface area contributed by atoms with Gasteiger partial charge in [0, 0.05) is 6.07 Å². The fourth-order valence-corrected chi connectivity index (χ4v) is 5.55. The van der Waals surface area contributed by atoms with Gasteiger partial charge in [-0.05, 0) is 68.4 Å². The van der Waals surface area contributed by atoms with Crippen molar-refractivity contribution >= 4 is 0 Å². The molecule has 0 N–H and O–H groups in total. The summed E-state index contributed by atoms with van der Waals surface area (Å²) in [5.41, 5.74) is 0. The highest BCUT2D eigenvalue weighted by Gasteiger charge is 2.45. The number of rotatable bonds is 9. The van der Waals surface area contributed by atoms with Crippen molar-refractivity contribution in [2.75, 3.05) is 0 Å². The summed E-state index contributed by atoms with van der Waals surface area (Å²) in [4.78, 5) is 0. The molecular formula is C25H34F6O2. The maximum absolute atomic E-state index is 14.7. The van der Waals surface area contributed by atoms with E-state index in [4.69, 9.17) is 4.74 Å². The van der Waals surface area contributed by atoms with E-state index in [1.807, 2.05) is 0 Å². The van der Waals surface area contributed by atoms with Gasteiger partial charge in [-0.25, -0.2) is 4.39 Å². The molecule has 8 heteroatoms. The molecule has 0 aliphatic heterocycles. The Hall–Kier alpha value is -1.60. The van der Waals surface area contributed by atoms with Crippen LogP contribution in [0.3, 0.4) is 0 Å². The molecule has 188 valence electrons. The van der Waals surface area contributed by atoms with Crippen LogP contribution < -0.4 is 9.47 Å². The lowest BCUT2D eigenvalue weighted by Gasteiger charge is -2.39. The second-order valence-corrected chi connectivity index (χ2v) is 9.69. The van der Waals surface area contributed by atoms with Crippen molar-refractivity contribution in [2.24, 2.45) is 23.7 Å². The second kappa shape index (κ2) is 11.2. The Morgan fingerprint density at radius 3 is 1.97 bits per heavy atom. The van der Waals surface area contributed by atoms with Crippen molar-refractivity contribution in [2.45, 2.75) is 96.4 Å². The van der Waals surface area contributed by atoms with E-state index in [0.717, 1.165) is 24.8 Å². The Labute approximate surface area is 192 Å². The van der Waals surface area contributed by atoms with Crippen LogP contribution in [0.1, 0.15) is 84.0 Å². The topological polar surface area (TPSA) is 18.5 Å². The number of halogens is 6. The summed E-state index contributed by atoms with van der Waals surface area (Å²) in [5, 5.41) is 0. The number of hydrogen-bond donors (Lipinski definition) is 0. The van der Waals surface area contributed by atoms with Crippen LogP contribution in [0.2, 0.25) is 0 Å². The van der Waals surface area contributed by atoms with Gasteiger partial charge in [-0.1, -0.05) is 45.4 Å². The van der Waals surface area contributed by atoms with Crippen molar-refractivity contribution in [1.82, 2.24) is 0 Å². The molecule has 0 radical (unpaired) electrons. The van der Waals surface area contributed by atoms with Crippen LogP contribution in [0.15, 0.2) is 18.2 Å². The molecule has 2 aliphatic rings. The van der Waals surface area contributed by atoms with E-state index in [1.54, 1.807) is 0 Å². The maximum atomic E-state index is 14.7. The molecule has 0 amide bonds. The average Bonchev–Trinajstić information content (AvgIpc) is 2.75. The van der Waals surface area contributed by atoms with E-state index in [1.165, 1.54) is 51.4 Å². The van der Waals surface area contributed by atoms with Gasteiger partial charge in [0.25, 0.3) is 0 Å². The molecule has 33 heavy (non-hydrogen) atoms. The first-order valence-corrected chi connectivity index (χ1v) is 12.2. The lowest BCUT2D eigenvalue weighted by atomic mass is 9.68. The average molecular weight is 481 g/mol. The number of ether oxygens (including phenoxy) is 2. The van der Waals surface area contributed by atoms with Crippen LogP contribution in [-0.4, -0.2) is 12.5 Å². The van der Waals surface area contributed by atoms with Crippen molar-refractivity contribution in [3.8, 4) is 11.5 Å². The van der Waals surface area contributed by atoms with Crippen LogP contribution in [0.4, 0.5) is 26.3 Å². The van der Waals surface area contributed by atoms with Crippen molar-refractivity contribution in [3.63, 3.8) is 0 Å². The van der Waals surface area contributed by atoms with Gasteiger partial charge in [-0.3, -0.25) is 0 Å². The smallest absolute Gasteiger partial charge is 0.432 e. The number of benzene rings is 1. The van der Waals surface area contributed by atoms with Crippen molar-refractivity contribution < 1.29 is 35.8 Å². The van der Waals surface area contributed by atoms with Gasteiger partial charge in [0.1, 0.15) is 5.75 Å². The van der Waals surface area contributed by atoms with E-state index in [-0.39, 0.29) is 0 Å². The van der Waals surface area contributed by atoms with E-state index in [9.17, 15) is 26.3 Å². The molecule has 1 aromatic carbocycles. The zero-order valence-electron chi connectivity index (χ0n) is 19.1. The second-order valence-electron chi connectivity index (χ2n) is 9.69. The molecule has 2 aliphatic carbocycles. The highest BCUT2D eigenvalue weighted by atomic mass is 19.4. The molecule has 0 aromatic heterocycles. The zero-order chi connectivity index (χ0) is 24.1. The van der Waals surface area contributed by atoms with E-state index in [0.29, 0.717) is 36.8 Å². The number of alkyl halides is 5. The highest BCUT2D eigenvalue weighted by Crippen LogP contribution is 2.46. The summed E-state index contributed by atoms with van der Waals surface area (Å²) in [6.45, 7) is 2.21. The largest absolute Gasteiger partial charge is 0.573 e. The van der Waals surface area contributed by atoms with Crippen molar-refractivity contribution in [3.05, 3.63) is 24.0 Å². The summed E-state index contributed by atoms with van der Waals surface area (Å²) in [5.74, 6) is -2.12. The predicted molar refractivity (Wildman–Crippen MR) is 114 cm³/mol. The Balaban J connectivity index is 1.46. The Morgan fingerprint density at radius 1 is 0.818 bits per heavy atom. The van der Waals surface area contributed by atoms with E-state index >= 15 is 0 Å². The first-order valence-electron chi connectivity index (χ1n) is 12.2. The van der Waals surface area contributed by atoms with Gasteiger partial charge in [0.15, 0.2) is 11.6 Å². The standard InChI is InChI=1S/C25H34F6O2/c1-2-3-4-5-17-6-8-18(9-7-17)19-10-12-20(13-11-19)24(27,28)32-21-14-15-23(22(26)16-21)33-25(29,30)31/h14-20H,2-13H2,1H3. The van der Waals surface area contributed by atoms with Gasteiger partial charge in [-0.2, -0.15) is 8.78 Å². The Kier molecular flexibility index (Phi) is 8.84. The molecule has 2 saturated carbocycles. The lowest BCUT2D eigenvalue weighted by molar-refractivity contribution is -0.275. The number of hydrogen-bond acceptors (Lipinski definition) is 2. The summed E-state index contributed by atoms with van der Waals surface area (Å²) < 4.78 is 88.2. The van der Waals surface area contributed by atoms with Gasteiger partial charge in [0.05, 0.1) is 5.92 Å². The SMILES string of the molecule is CCCCCC1CCC(C2CCC(C(F)(F)Oc3ccc(OC(F)(F)F)c(F)c3)CC2)CC1. The van der Waals surface area contributed by atoms with Gasteiger partial charge in [-0.15, -0.1) is 13.2 Å². The van der Waals surface area contributed by atoms with Gasteiger partial charge < -0.3 is 9.47 Å². The lowest BCUT2D eigenvalue weighted by Crippen LogP contribution is -2.38. The van der Waals surface area contributed by atoms with Crippen LogP contribution in [0.25, 0.3) is 0 Å². The Bertz CT molecular complexity index is 735. The van der Waals surface area contributed by atoms with Gasteiger partial charge in [0.2, 0.25) is 0 Å². The third-order valence-corrected chi connectivity index (χ3v) is 7.40. The maximum Gasteiger partial charge on any atom is 0.573 e. The molecule has 2 fully saturated rings. The normalized spacial score (nSPS) is 26.8. The summed E-state index contributed by atoms with van der Waals surface area (Å²) >= 11 is 0. The molecule has 1 aromatic rings. The first kappa shape index (κ1) is 26.0. The summed E-state index contributed by atoms with van der Waals surface area (Å²) in [6, 6.07) is 2.01. The van der Waals surface area contributed by atoms with Crippen LogP contribution >= 0.6 is 0 Å². The number of unbranched alkanes of at least 4 members (excludes halogenated alkanes) is 2. The molecular weight excluding hydrogens is 446 g/mol. The molecule has 0 atom stereocenters. The zero-order valence-corrected chi connectivity index (χ0v) is 19.1. The fourth-order valence-electron chi connectivity index (χ4n) is 5.55. The Morgan fingerprint density at radius 2 is 1.42 bits per heavy atom. The molecule has 0 heterocycles. The monoisotopic (exact) mass is 480 g/mol. The molecule has 3 rings (SSSR count). The molecule has 0 unspecified atom stereocenters. The van der Waals surface area contributed by atoms with Crippen LogP contribution in [0.5, 0.6) is 11.5 Å².